The molecule has 0 fully saturated rings. The van der Waals surface area contributed by atoms with E-state index in [0.717, 1.165) is 0 Å². The van der Waals surface area contributed by atoms with Crippen LogP contribution in [-0.4, -0.2) is 20.0 Å². The van der Waals surface area contributed by atoms with Crippen molar-refractivity contribution in [3.63, 3.8) is 0 Å². The summed E-state index contributed by atoms with van der Waals surface area (Å²) < 4.78 is 0. The predicted octanol–water partition coefficient (Wildman–Crippen LogP) is 1.13. The summed E-state index contributed by atoms with van der Waals surface area (Å²) in [6, 6.07) is 0. The number of allylic oxidation sites excluding steroid dienone is 3. The van der Waals surface area contributed by atoms with Gasteiger partial charge in [0.15, 0.2) is 0 Å². The van der Waals surface area contributed by atoms with Crippen molar-refractivity contribution >= 4 is 12.9 Å². The zero-order valence-corrected chi connectivity index (χ0v) is 6.91. The van der Waals surface area contributed by atoms with E-state index in [4.69, 9.17) is 5.73 Å². The molecule has 0 spiro atoms. The van der Waals surface area contributed by atoms with E-state index in [-0.39, 0.29) is 0 Å². The Morgan fingerprint density at radius 1 is 1.55 bits per heavy atom. The zero-order chi connectivity index (χ0) is 8.69. The third-order valence-corrected chi connectivity index (χ3v) is 1.06. The standard InChI is InChI=1S/C8H13N3/c1-4-5-7(9)8(11-3)6-10-2/h4-6H,3,9H2,1-2H3/b5-4-,8-7?,10-6?. The van der Waals surface area contributed by atoms with Crippen molar-refractivity contribution in [1.82, 2.24) is 0 Å². The van der Waals surface area contributed by atoms with Crippen LogP contribution in [0.3, 0.4) is 0 Å². The van der Waals surface area contributed by atoms with E-state index in [1.807, 2.05) is 13.0 Å². The van der Waals surface area contributed by atoms with Crippen molar-refractivity contribution in [2.24, 2.45) is 15.7 Å². The fraction of sp³-hybridized carbons (Fsp3) is 0.250. The van der Waals surface area contributed by atoms with Crippen LogP contribution >= 0.6 is 0 Å². The molecule has 3 heteroatoms. The molecular formula is C8H13N3. The van der Waals surface area contributed by atoms with Gasteiger partial charge in [0, 0.05) is 13.3 Å². The van der Waals surface area contributed by atoms with Gasteiger partial charge in [-0.3, -0.25) is 9.98 Å². The van der Waals surface area contributed by atoms with E-state index >= 15 is 0 Å². The van der Waals surface area contributed by atoms with Crippen molar-refractivity contribution in [3.05, 3.63) is 23.5 Å². The van der Waals surface area contributed by atoms with Crippen LogP contribution in [0.15, 0.2) is 33.5 Å². The number of hydrogen-bond acceptors (Lipinski definition) is 3. The summed E-state index contributed by atoms with van der Waals surface area (Å²) in [5.41, 5.74) is 6.77. The normalized spacial score (nSPS) is 14.0. The second-order valence-corrected chi connectivity index (χ2v) is 1.89. The smallest absolute Gasteiger partial charge is 0.103 e. The zero-order valence-electron chi connectivity index (χ0n) is 6.91. The first-order valence-electron chi connectivity index (χ1n) is 3.27. The first-order chi connectivity index (χ1) is 5.26. The van der Waals surface area contributed by atoms with Gasteiger partial charge in [-0.2, -0.15) is 0 Å². The molecule has 11 heavy (non-hydrogen) atoms. The average molecular weight is 151 g/mol. The molecule has 0 unspecified atom stereocenters. The van der Waals surface area contributed by atoms with Crippen molar-refractivity contribution in [2.75, 3.05) is 7.05 Å². The van der Waals surface area contributed by atoms with Gasteiger partial charge in [-0.15, -0.1) is 0 Å². The monoisotopic (exact) mass is 151 g/mol. The molecule has 2 N–H and O–H groups in total. The van der Waals surface area contributed by atoms with Gasteiger partial charge < -0.3 is 5.73 Å². The van der Waals surface area contributed by atoms with Crippen LogP contribution in [0.4, 0.5) is 0 Å². The maximum absolute atomic E-state index is 5.59. The Labute approximate surface area is 67.0 Å². The van der Waals surface area contributed by atoms with Crippen molar-refractivity contribution in [2.45, 2.75) is 6.92 Å². The molecule has 0 saturated carbocycles. The van der Waals surface area contributed by atoms with Crippen molar-refractivity contribution in [1.29, 1.82) is 0 Å². The summed E-state index contributed by atoms with van der Waals surface area (Å²) >= 11 is 0. The average Bonchev–Trinajstić information content (AvgIpc) is 2.00. The molecule has 0 bridgehead atoms. The van der Waals surface area contributed by atoms with Crippen LogP contribution in [-0.2, 0) is 0 Å². The molecule has 0 aromatic carbocycles. The largest absolute Gasteiger partial charge is 0.397 e. The van der Waals surface area contributed by atoms with Gasteiger partial charge in [0.2, 0.25) is 0 Å². The first-order valence-corrected chi connectivity index (χ1v) is 3.27. The lowest BCUT2D eigenvalue weighted by atomic mass is 10.3. The molecule has 0 aromatic rings. The lowest BCUT2D eigenvalue weighted by Crippen LogP contribution is -1.98. The predicted molar refractivity (Wildman–Crippen MR) is 50.0 cm³/mol. The molecule has 0 amide bonds. The quantitative estimate of drug-likeness (QED) is 0.477. The van der Waals surface area contributed by atoms with E-state index in [0.29, 0.717) is 11.4 Å². The molecule has 0 aromatic heterocycles. The lowest BCUT2D eigenvalue weighted by Gasteiger charge is -1.95. The summed E-state index contributed by atoms with van der Waals surface area (Å²) in [6.45, 7) is 5.26. The van der Waals surface area contributed by atoms with Gasteiger partial charge in [0.25, 0.3) is 0 Å². The molecule has 0 saturated heterocycles. The van der Waals surface area contributed by atoms with Crippen molar-refractivity contribution in [3.8, 4) is 0 Å². The van der Waals surface area contributed by atoms with Crippen LogP contribution in [0.5, 0.6) is 0 Å². The maximum atomic E-state index is 5.59. The van der Waals surface area contributed by atoms with Gasteiger partial charge in [0.1, 0.15) is 5.70 Å². The fourth-order valence-electron chi connectivity index (χ4n) is 0.594. The fourth-order valence-corrected chi connectivity index (χ4v) is 0.594. The second kappa shape index (κ2) is 5.41. The summed E-state index contributed by atoms with van der Waals surface area (Å²) in [7, 11) is 1.66. The van der Waals surface area contributed by atoms with Crippen LogP contribution < -0.4 is 5.73 Å². The van der Waals surface area contributed by atoms with E-state index in [1.54, 1.807) is 19.3 Å². The number of nitrogens with two attached hydrogens (primary N) is 1. The summed E-state index contributed by atoms with van der Waals surface area (Å²) in [5.74, 6) is 0. The molecule has 0 heterocycles. The molecule has 0 aliphatic carbocycles. The molecule has 3 nitrogen and oxygen atoms in total. The molecule has 60 valence electrons. The van der Waals surface area contributed by atoms with Gasteiger partial charge >= 0.3 is 0 Å². The highest BCUT2D eigenvalue weighted by molar-refractivity contribution is 5.80. The topological polar surface area (TPSA) is 50.7 Å². The van der Waals surface area contributed by atoms with E-state index in [1.165, 1.54) is 0 Å². The van der Waals surface area contributed by atoms with Crippen LogP contribution in [0.25, 0.3) is 0 Å². The Morgan fingerprint density at radius 3 is 2.55 bits per heavy atom. The van der Waals surface area contributed by atoms with Gasteiger partial charge in [0.05, 0.1) is 5.70 Å². The molecule has 0 radical (unpaired) electrons. The molecular weight excluding hydrogens is 138 g/mol. The van der Waals surface area contributed by atoms with Crippen LogP contribution in [0, 0.1) is 0 Å². The van der Waals surface area contributed by atoms with Gasteiger partial charge in [-0.25, -0.2) is 0 Å². The molecule has 0 atom stereocenters. The summed E-state index contributed by atoms with van der Waals surface area (Å²) in [6.07, 6.45) is 5.16. The van der Waals surface area contributed by atoms with E-state index in [9.17, 15) is 0 Å². The summed E-state index contributed by atoms with van der Waals surface area (Å²) in [5, 5.41) is 0. The maximum Gasteiger partial charge on any atom is 0.103 e. The van der Waals surface area contributed by atoms with E-state index < -0.39 is 0 Å². The lowest BCUT2D eigenvalue weighted by molar-refractivity contribution is 1.31. The minimum absolute atomic E-state index is 0.577. The second-order valence-electron chi connectivity index (χ2n) is 1.89. The SMILES string of the molecule is C=NC(C=NC)=C(N)/C=C\C. The number of aliphatic imine (C=N–C) groups is 2. The molecule has 0 aliphatic rings. The Bertz CT molecular complexity index is 211. The highest BCUT2D eigenvalue weighted by atomic mass is 14.8. The Kier molecular flexibility index (Phi) is 4.73. The molecule has 0 rings (SSSR count). The third-order valence-electron chi connectivity index (χ3n) is 1.06. The highest BCUT2D eigenvalue weighted by Gasteiger charge is 1.91. The van der Waals surface area contributed by atoms with Crippen LogP contribution in [0.2, 0.25) is 0 Å². The Balaban J connectivity index is 4.66. The minimum Gasteiger partial charge on any atom is -0.397 e. The number of hydrogen-bond donors (Lipinski definition) is 1. The first kappa shape index (κ1) is 9.62. The number of rotatable bonds is 3. The third kappa shape index (κ3) is 3.35. The Hall–Kier alpha value is -1.38. The number of nitrogens with zero attached hydrogens (tertiary/aromatic N) is 2. The Morgan fingerprint density at radius 2 is 2.18 bits per heavy atom. The minimum atomic E-state index is 0.577. The van der Waals surface area contributed by atoms with Gasteiger partial charge in [-0.1, -0.05) is 6.08 Å². The summed E-state index contributed by atoms with van der Waals surface area (Å²) in [4.78, 5) is 7.48. The highest BCUT2D eigenvalue weighted by Crippen LogP contribution is 1.98. The van der Waals surface area contributed by atoms with E-state index in [2.05, 4.69) is 16.7 Å². The molecule has 0 aliphatic heterocycles. The van der Waals surface area contributed by atoms with Crippen molar-refractivity contribution < 1.29 is 0 Å². The van der Waals surface area contributed by atoms with Gasteiger partial charge in [-0.05, 0) is 19.7 Å². The van der Waals surface area contributed by atoms with Crippen LogP contribution in [0.1, 0.15) is 6.92 Å².